The number of nitrogens with zero attached hydrogens (tertiary/aromatic N) is 5. The molecule has 46 heavy (non-hydrogen) atoms. The summed E-state index contributed by atoms with van der Waals surface area (Å²) in [5.74, 6) is 1.37. The minimum absolute atomic E-state index is 0.0156. The van der Waals surface area contributed by atoms with Crippen molar-refractivity contribution < 1.29 is 27.8 Å². The number of aliphatic hydroxyl groups is 1. The number of ether oxygens (including phenoxy) is 2. The van der Waals surface area contributed by atoms with E-state index >= 15 is 0 Å². The smallest absolute Gasteiger partial charge is 0.243 e. The number of rotatable bonds is 8. The predicted octanol–water partition coefficient (Wildman–Crippen LogP) is 3.16. The van der Waals surface area contributed by atoms with Crippen molar-refractivity contribution in [2.24, 2.45) is 0 Å². The predicted molar refractivity (Wildman–Crippen MR) is 171 cm³/mol. The first-order chi connectivity index (χ1) is 22.3. The lowest BCUT2D eigenvalue weighted by molar-refractivity contribution is -0.193. The minimum Gasteiger partial charge on any atom is -0.389 e. The molecule has 0 bridgehead atoms. The fourth-order valence-corrected chi connectivity index (χ4v) is 9.45. The Morgan fingerprint density at radius 2 is 1.87 bits per heavy atom. The van der Waals surface area contributed by atoms with Crippen molar-refractivity contribution in [3.8, 4) is 0 Å². The Kier molecular flexibility index (Phi) is 7.95. The van der Waals surface area contributed by atoms with Crippen LogP contribution in [0.15, 0.2) is 35.4 Å². The molecule has 3 atom stereocenters. The lowest BCUT2D eigenvalue weighted by atomic mass is 9.91. The molecule has 0 radical (unpaired) electrons. The van der Waals surface area contributed by atoms with E-state index in [-0.39, 0.29) is 41.4 Å². The van der Waals surface area contributed by atoms with Gasteiger partial charge in [0.05, 0.1) is 22.5 Å². The maximum Gasteiger partial charge on any atom is 0.243 e. The highest BCUT2D eigenvalue weighted by Gasteiger charge is 2.61. The number of carbonyl (C=O) groups excluding carboxylic acids is 1. The molecule has 1 amide bonds. The van der Waals surface area contributed by atoms with Crippen LogP contribution in [0.1, 0.15) is 76.2 Å². The number of benzene rings is 1. The van der Waals surface area contributed by atoms with Gasteiger partial charge in [-0.25, -0.2) is 13.4 Å². The zero-order chi connectivity index (χ0) is 31.5. The maximum atomic E-state index is 13.9. The van der Waals surface area contributed by atoms with Gasteiger partial charge in [0.2, 0.25) is 21.9 Å². The van der Waals surface area contributed by atoms with Crippen LogP contribution in [-0.2, 0) is 29.7 Å². The summed E-state index contributed by atoms with van der Waals surface area (Å²) in [5.41, 5.74) is 1.28. The van der Waals surface area contributed by atoms with Gasteiger partial charge < -0.3 is 24.8 Å². The zero-order valence-corrected chi connectivity index (χ0v) is 27.0. The Bertz CT molecular complexity index is 1570. The fraction of sp³-hybridized carbons (Fsp3) is 0.667. The molecule has 2 aromatic rings. The second-order valence-electron chi connectivity index (χ2n) is 13.9. The van der Waals surface area contributed by atoms with Crippen LogP contribution >= 0.6 is 0 Å². The first-order valence-corrected chi connectivity index (χ1v) is 18.5. The number of β-amino-alcohol motifs (C(OH)–C–C–N with tert-alkyl or cyclic N) is 1. The number of sulfonamides is 1. The van der Waals surface area contributed by atoms with Gasteiger partial charge in [-0.05, 0) is 88.8 Å². The van der Waals surface area contributed by atoms with Crippen LogP contribution in [0, 0.1) is 0 Å². The van der Waals surface area contributed by atoms with E-state index in [4.69, 9.17) is 14.5 Å². The number of piperidine rings is 1. The molecule has 2 saturated carbocycles. The van der Waals surface area contributed by atoms with E-state index in [1.54, 1.807) is 22.5 Å². The fourth-order valence-electron chi connectivity index (χ4n) is 7.94. The molecule has 13 heteroatoms. The van der Waals surface area contributed by atoms with Crippen LogP contribution in [0.3, 0.4) is 0 Å². The van der Waals surface area contributed by atoms with E-state index in [1.807, 2.05) is 22.1 Å². The summed E-state index contributed by atoms with van der Waals surface area (Å²) in [6.45, 7) is 2.56. The molecule has 4 aliphatic heterocycles. The monoisotopic (exact) mass is 652 g/mol. The van der Waals surface area contributed by atoms with Gasteiger partial charge >= 0.3 is 0 Å². The average Bonchev–Trinajstić information content (AvgIpc) is 3.82. The summed E-state index contributed by atoms with van der Waals surface area (Å²) in [7, 11) is -3.64. The number of amides is 1. The molecule has 3 saturated heterocycles. The molecule has 6 aliphatic rings. The quantitative estimate of drug-likeness (QED) is 0.438. The second-order valence-corrected chi connectivity index (χ2v) is 15.9. The Morgan fingerprint density at radius 1 is 1.04 bits per heavy atom. The number of carbonyl (C=O) groups is 1. The maximum absolute atomic E-state index is 13.9. The lowest BCUT2D eigenvalue weighted by Crippen LogP contribution is -2.50. The van der Waals surface area contributed by atoms with Crippen molar-refractivity contribution in [3.63, 3.8) is 0 Å². The SMILES string of the molecule is O=C1N([C@@H]2CCC[C@@H](OC3CCCCO3)C2)c2nc(NC3CCN(S(=O)(=O)c4cccc(N5CC(O)C5)c4)CC3)ncc2C12CC2. The van der Waals surface area contributed by atoms with Crippen LogP contribution < -0.4 is 15.1 Å². The molecule has 8 rings (SSSR count). The van der Waals surface area contributed by atoms with Gasteiger partial charge in [-0.2, -0.15) is 9.29 Å². The molecule has 1 aromatic carbocycles. The molecule has 2 N–H and O–H groups in total. The molecular formula is C33H44N6O6S. The molecular weight excluding hydrogens is 608 g/mol. The summed E-state index contributed by atoms with van der Waals surface area (Å²) in [5, 5.41) is 13.1. The number of fused-ring (bicyclic) bond motifs is 2. The van der Waals surface area contributed by atoms with Crippen LogP contribution in [0.5, 0.6) is 0 Å². The number of hydrogen-bond donors (Lipinski definition) is 2. The summed E-state index contributed by atoms with van der Waals surface area (Å²) in [6.07, 6.45) is 11.2. The van der Waals surface area contributed by atoms with Crippen molar-refractivity contribution in [1.29, 1.82) is 0 Å². The van der Waals surface area contributed by atoms with Gasteiger partial charge in [0.1, 0.15) is 5.82 Å². The molecule has 248 valence electrons. The van der Waals surface area contributed by atoms with Crippen LogP contribution in [-0.4, -0.2) is 97.1 Å². The van der Waals surface area contributed by atoms with E-state index in [0.717, 1.165) is 81.5 Å². The Labute approximate surface area is 270 Å². The normalized spacial score (nSPS) is 28.7. The van der Waals surface area contributed by atoms with Crippen molar-refractivity contribution >= 4 is 33.4 Å². The van der Waals surface area contributed by atoms with Crippen molar-refractivity contribution in [2.75, 3.05) is 47.9 Å². The van der Waals surface area contributed by atoms with Gasteiger partial charge in [-0.3, -0.25) is 9.69 Å². The van der Waals surface area contributed by atoms with E-state index in [0.29, 0.717) is 45.0 Å². The van der Waals surface area contributed by atoms with Gasteiger partial charge in [-0.1, -0.05) is 6.07 Å². The van der Waals surface area contributed by atoms with Crippen LogP contribution in [0.4, 0.5) is 17.5 Å². The number of nitrogens with one attached hydrogen (secondary N) is 1. The van der Waals surface area contributed by atoms with E-state index < -0.39 is 15.4 Å². The molecule has 1 aromatic heterocycles. The highest BCUT2D eigenvalue weighted by Crippen LogP contribution is 2.57. The Balaban J connectivity index is 0.929. The van der Waals surface area contributed by atoms with Gasteiger partial charge in [0.15, 0.2) is 6.29 Å². The lowest BCUT2D eigenvalue weighted by Gasteiger charge is -2.38. The minimum atomic E-state index is -3.64. The average molecular weight is 653 g/mol. The number of aromatic nitrogens is 2. The third-order valence-electron chi connectivity index (χ3n) is 10.8. The molecule has 1 spiro atoms. The van der Waals surface area contributed by atoms with Crippen molar-refractivity contribution in [3.05, 3.63) is 36.0 Å². The number of hydrogen-bond acceptors (Lipinski definition) is 10. The molecule has 5 fully saturated rings. The van der Waals surface area contributed by atoms with Gasteiger partial charge in [0, 0.05) is 62.3 Å². The first kappa shape index (κ1) is 30.5. The second kappa shape index (κ2) is 12.0. The zero-order valence-electron chi connectivity index (χ0n) is 26.2. The third kappa shape index (κ3) is 5.57. The van der Waals surface area contributed by atoms with E-state index in [9.17, 15) is 18.3 Å². The molecule has 12 nitrogen and oxygen atoms in total. The molecule has 5 heterocycles. The summed E-state index contributed by atoms with van der Waals surface area (Å²) in [4.78, 5) is 27.7. The highest BCUT2D eigenvalue weighted by molar-refractivity contribution is 7.89. The van der Waals surface area contributed by atoms with E-state index in [2.05, 4.69) is 10.3 Å². The summed E-state index contributed by atoms with van der Waals surface area (Å²) < 4.78 is 40.8. The summed E-state index contributed by atoms with van der Waals surface area (Å²) >= 11 is 0. The van der Waals surface area contributed by atoms with E-state index in [1.165, 1.54) is 0 Å². The number of anilines is 3. The van der Waals surface area contributed by atoms with Crippen molar-refractivity contribution in [2.45, 2.75) is 112 Å². The Morgan fingerprint density at radius 3 is 2.61 bits per heavy atom. The third-order valence-corrected chi connectivity index (χ3v) is 12.7. The van der Waals surface area contributed by atoms with Crippen LogP contribution in [0.2, 0.25) is 0 Å². The Hall–Kier alpha value is -2.84. The number of aliphatic hydroxyl groups excluding tert-OH is 1. The highest BCUT2D eigenvalue weighted by atomic mass is 32.2. The molecule has 1 unspecified atom stereocenters. The van der Waals surface area contributed by atoms with Gasteiger partial charge in [0.25, 0.3) is 0 Å². The largest absolute Gasteiger partial charge is 0.389 e. The standard InChI is InChI=1S/C33H44N6O6S/c40-25-20-37(21-25)23-5-4-8-27(18-23)46(42,43)38-14-10-22(11-15-38)35-32-34-19-28-30(36-32)39(31(41)33(28)12-13-33)24-6-3-7-26(17-24)45-29-9-1-2-16-44-29/h4-5,8,18-19,22,24-26,29,40H,1-3,6-7,9-17,20-21H2,(H,34,35,36)/t24-,26-,29?/m1/s1. The molecule has 2 aliphatic carbocycles. The van der Waals surface area contributed by atoms with Crippen LogP contribution in [0.25, 0.3) is 0 Å². The topological polar surface area (TPSA) is 137 Å². The first-order valence-electron chi connectivity index (χ1n) is 17.1. The van der Waals surface area contributed by atoms with Crippen molar-refractivity contribution in [1.82, 2.24) is 14.3 Å². The van der Waals surface area contributed by atoms with Gasteiger partial charge in [-0.15, -0.1) is 0 Å². The summed E-state index contributed by atoms with van der Waals surface area (Å²) in [6, 6.07) is 7.04.